The maximum Gasteiger partial charge on any atom is 0.238 e. The van der Waals surface area contributed by atoms with Gasteiger partial charge in [-0.2, -0.15) is 5.10 Å². The Kier molecular flexibility index (Phi) is 3.19. The predicted octanol–water partition coefficient (Wildman–Crippen LogP) is -0.479. The van der Waals surface area contributed by atoms with Crippen LogP contribution in [0.15, 0.2) is 0 Å². The van der Waals surface area contributed by atoms with E-state index >= 15 is 0 Å². The van der Waals surface area contributed by atoms with Gasteiger partial charge in [0.25, 0.3) is 0 Å². The number of hydrogen-bond acceptors (Lipinski definition) is 4. The summed E-state index contributed by atoms with van der Waals surface area (Å²) in [6.07, 6.45) is 0. The van der Waals surface area contributed by atoms with Crippen LogP contribution in [0.4, 0.5) is 0 Å². The molecule has 6 heteroatoms. The van der Waals surface area contributed by atoms with Crippen LogP contribution in [0.2, 0.25) is 0 Å². The minimum absolute atomic E-state index is 0.197. The summed E-state index contributed by atoms with van der Waals surface area (Å²) in [4.78, 5) is 15.3. The molecule has 0 aliphatic rings. The highest BCUT2D eigenvalue weighted by molar-refractivity contribution is 5.77. The zero-order chi connectivity index (χ0) is 10.7. The van der Waals surface area contributed by atoms with Crippen molar-refractivity contribution in [2.45, 2.75) is 27.3 Å². The molecule has 6 nitrogen and oxygen atoms in total. The van der Waals surface area contributed by atoms with Crippen molar-refractivity contribution in [1.82, 2.24) is 20.2 Å². The number of hydrazine groups is 1. The molecule has 0 fully saturated rings. The highest BCUT2D eigenvalue weighted by Gasteiger charge is 2.14. The molecule has 0 spiro atoms. The Morgan fingerprint density at radius 3 is 2.71 bits per heavy atom. The first-order chi connectivity index (χ1) is 6.54. The second-order valence-corrected chi connectivity index (χ2v) is 3.30. The normalized spacial score (nSPS) is 12.6. The SMILES string of the molecule is Cc1nc(C)n(C[C@@H](C)C(=O)NN)n1. The number of aromatic nitrogens is 3. The second kappa shape index (κ2) is 4.19. The van der Waals surface area contributed by atoms with E-state index in [4.69, 9.17) is 5.84 Å². The lowest BCUT2D eigenvalue weighted by atomic mass is 10.2. The maximum atomic E-state index is 11.1. The predicted molar refractivity (Wildman–Crippen MR) is 51.0 cm³/mol. The van der Waals surface area contributed by atoms with E-state index in [1.54, 1.807) is 11.6 Å². The molecule has 1 amide bonds. The van der Waals surface area contributed by atoms with Gasteiger partial charge >= 0.3 is 0 Å². The molecule has 1 heterocycles. The van der Waals surface area contributed by atoms with Crippen molar-refractivity contribution in [3.63, 3.8) is 0 Å². The average molecular weight is 197 g/mol. The number of hydrogen-bond donors (Lipinski definition) is 2. The van der Waals surface area contributed by atoms with E-state index in [0.717, 1.165) is 5.82 Å². The largest absolute Gasteiger partial charge is 0.294 e. The van der Waals surface area contributed by atoms with E-state index in [0.29, 0.717) is 12.4 Å². The first-order valence-corrected chi connectivity index (χ1v) is 4.43. The molecule has 1 atom stereocenters. The third kappa shape index (κ3) is 2.29. The van der Waals surface area contributed by atoms with Crippen LogP contribution in [0.3, 0.4) is 0 Å². The molecule has 1 aromatic heterocycles. The number of carbonyl (C=O) groups excluding carboxylic acids is 1. The number of nitrogens with one attached hydrogen (secondary N) is 1. The molecule has 0 aromatic carbocycles. The molecule has 1 rings (SSSR count). The Balaban J connectivity index is 2.69. The van der Waals surface area contributed by atoms with Crippen molar-refractivity contribution in [2.75, 3.05) is 0 Å². The third-order valence-electron chi connectivity index (χ3n) is 2.00. The van der Waals surface area contributed by atoms with Crippen molar-refractivity contribution in [1.29, 1.82) is 0 Å². The molecule has 0 aliphatic heterocycles. The van der Waals surface area contributed by atoms with Crippen LogP contribution >= 0.6 is 0 Å². The van der Waals surface area contributed by atoms with Crippen LogP contribution in [0.5, 0.6) is 0 Å². The van der Waals surface area contributed by atoms with Crippen LogP contribution in [-0.2, 0) is 11.3 Å². The fourth-order valence-electron chi connectivity index (χ4n) is 1.22. The Hall–Kier alpha value is -1.43. The molecule has 78 valence electrons. The van der Waals surface area contributed by atoms with E-state index in [-0.39, 0.29) is 11.8 Å². The van der Waals surface area contributed by atoms with E-state index in [1.165, 1.54) is 0 Å². The lowest BCUT2D eigenvalue weighted by molar-refractivity contribution is -0.125. The van der Waals surface area contributed by atoms with Crippen molar-refractivity contribution in [3.8, 4) is 0 Å². The summed E-state index contributed by atoms with van der Waals surface area (Å²) >= 11 is 0. The number of aryl methyl sites for hydroxylation is 2. The Morgan fingerprint density at radius 1 is 1.64 bits per heavy atom. The van der Waals surface area contributed by atoms with Gasteiger partial charge in [0.15, 0.2) is 0 Å². The van der Waals surface area contributed by atoms with Gasteiger partial charge < -0.3 is 0 Å². The molecule has 1 aromatic rings. The van der Waals surface area contributed by atoms with Gasteiger partial charge in [-0.05, 0) is 13.8 Å². The standard InChI is InChI=1S/C8H15N5O/c1-5(8(14)11-9)4-13-7(3)10-6(2)12-13/h5H,4,9H2,1-3H3,(H,11,14)/t5-/m1/s1. The summed E-state index contributed by atoms with van der Waals surface area (Å²) in [5, 5.41) is 4.15. The van der Waals surface area contributed by atoms with Gasteiger partial charge in [-0.1, -0.05) is 6.92 Å². The van der Waals surface area contributed by atoms with Crippen LogP contribution in [0, 0.1) is 19.8 Å². The summed E-state index contributed by atoms with van der Waals surface area (Å²) in [6, 6.07) is 0. The number of nitrogens with zero attached hydrogens (tertiary/aromatic N) is 3. The van der Waals surface area contributed by atoms with Gasteiger partial charge in [-0.25, -0.2) is 15.5 Å². The molecule has 0 saturated carbocycles. The molecule has 14 heavy (non-hydrogen) atoms. The first-order valence-electron chi connectivity index (χ1n) is 4.43. The van der Waals surface area contributed by atoms with Gasteiger partial charge in [-0.3, -0.25) is 10.2 Å². The van der Waals surface area contributed by atoms with E-state index in [1.807, 2.05) is 13.8 Å². The lowest BCUT2D eigenvalue weighted by Crippen LogP contribution is -2.36. The van der Waals surface area contributed by atoms with E-state index in [9.17, 15) is 4.79 Å². The number of carbonyl (C=O) groups is 1. The average Bonchev–Trinajstić information content (AvgIpc) is 2.44. The second-order valence-electron chi connectivity index (χ2n) is 3.30. The molecular weight excluding hydrogens is 182 g/mol. The fourth-order valence-corrected chi connectivity index (χ4v) is 1.22. The van der Waals surface area contributed by atoms with Gasteiger partial charge in [0, 0.05) is 0 Å². The van der Waals surface area contributed by atoms with Crippen molar-refractivity contribution < 1.29 is 4.79 Å². The molecule has 0 radical (unpaired) electrons. The Bertz CT molecular complexity index is 332. The minimum Gasteiger partial charge on any atom is -0.294 e. The van der Waals surface area contributed by atoms with Crippen LogP contribution in [0.1, 0.15) is 18.6 Å². The highest BCUT2D eigenvalue weighted by atomic mass is 16.2. The molecule has 3 N–H and O–H groups in total. The lowest BCUT2D eigenvalue weighted by Gasteiger charge is -2.09. The number of nitrogens with two attached hydrogens (primary N) is 1. The molecule has 0 saturated heterocycles. The molecular formula is C8H15N5O. The maximum absolute atomic E-state index is 11.1. The van der Waals surface area contributed by atoms with Crippen LogP contribution < -0.4 is 11.3 Å². The summed E-state index contributed by atoms with van der Waals surface area (Å²) in [7, 11) is 0. The zero-order valence-corrected chi connectivity index (χ0v) is 8.61. The highest BCUT2D eigenvalue weighted by Crippen LogP contribution is 2.02. The smallest absolute Gasteiger partial charge is 0.238 e. The van der Waals surface area contributed by atoms with Gasteiger partial charge in [0.1, 0.15) is 11.6 Å². The minimum atomic E-state index is -0.209. The Labute approximate surface area is 82.5 Å². The fraction of sp³-hybridized carbons (Fsp3) is 0.625. The zero-order valence-electron chi connectivity index (χ0n) is 8.61. The summed E-state index contributed by atoms with van der Waals surface area (Å²) in [5.41, 5.74) is 2.11. The Morgan fingerprint density at radius 2 is 2.29 bits per heavy atom. The third-order valence-corrected chi connectivity index (χ3v) is 2.00. The van der Waals surface area contributed by atoms with E-state index in [2.05, 4.69) is 15.5 Å². The van der Waals surface area contributed by atoms with Crippen molar-refractivity contribution in [2.24, 2.45) is 11.8 Å². The number of rotatable bonds is 3. The monoisotopic (exact) mass is 197 g/mol. The topological polar surface area (TPSA) is 85.8 Å². The summed E-state index contributed by atoms with van der Waals surface area (Å²) in [5.74, 6) is 6.14. The molecule has 0 bridgehead atoms. The van der Waals surface area contributed by atoms with Gasteiger partial charge in [0.2, 0.25) is 5.91 Å². The van der Waals surface area contributed by atoms with Crippen molar-refractivity contribution >= 4 is 5.91 Å². The van der Waals surface area contributed by atoms with Crippen molar-refractivity contribution in [3.05, 3.63) is 11.6 Å². The quantitative estimate of drug-likeness (QED) is 0.389. The molecule has 0 aliphatic carbocycles. The number of amides is 1. The molecule has 0 unspecified atom stereocenters. The summed E-state index contributed by atoms with van der Waals surface area (Å²) < 4.78 is 1.70. The van der Waals surface area contributed by atoms with Gasteiger partial charge in [0.05, 0.1) is 12.5 Å². The van der Waals surface area contributed by atoms with E-state index < -0.39 is 0 Å². The van der Waals surface area contributed by atoms with Gasteiger partial charge in [-0.15, -0.1) is 0 Å². The summed E-state index contributed by atoms with van der Waals surface area (Å²) in [6.45, 7) is 5.96. The van der Waals surface area contributed by atoms with Crippen LogP contribution in [0.25, 0.3) is 0 Å². The van der Waals surface area contributed by atoms with Crippen LogP contribution in [-0.4, -0.2) is 20.7 Å². The first kappa shape index (κ1) is 10.6.